The summed E-state index contributed by atoms with van der Waals surface area (Å²) in [5.74, 6) is 0.738. The highest BCUT2D eigenvalue weighted by atomic mass is 32.2. The van der Waals surface area contributed by atoms with Crippen molar-refractivity contribution in [3.63, 3.8) is 0 Å². The molecule has 0 unspecified atom stereocenters. The van der Waals surface area contributed by atoms with Crippen molar-refractivity contribution in [2.24, 2.45) is 0 Å². The van der Waals surface area contributed by atoms with E-state index >= 15 is 0 Å². The molecular weight excluding hydrogens is 272 g/mol. The van der Waals surface area contributed by atoms with Crippen LogP contribution in [0.5, 0.6) is 0 Å². The number of anilines is 1. The quantitative estimate of drug-likeness (QED) is 0.588. The Hall–Kier alpha value is -1.95. The summed E-state index contributed by atoms with van der Waals surface area (Å²) in [7, 11) is 0. The fraction of sp³-hybridized carbons (Fsp3) is 0.286. The fourth-order valence-corrected chi connectivity index (χ4v) is 2.60. The van der Waals surface area contributed by atoms with Crippen molar-refractivity contribution in [1.82, 2.24) is 14.8 Å². The first kappa shape index (κ1) is 13.1. The molecule has 0 saturated carbocycles. The Morgan fingerprint density at radius 3 is 2.95 bits per heavy atom. The molecule has 0 aliphatic heterocycles. The van der Waals surface area contributed by atoms with E-state index in [9.17, 15) is 0 Å². The number of benzene rings is 1. The molecule has 2 aromatic heterocycles. The molecule has 5 nitrogen and oxygen atoms in total. The second kappa shape index (κ2) is 5.20. The van der Waals surface area contributed by atoms with Crippen LogP contribution in [0.3, 0.4) is 0 Å². The van der Waals surface area contributed by atoms with Crippen LogP contribution in [-0.2, 0) is 5.75 Å². The highest BCUT2D eigenvalue weighted by Gasteiger charge is 2.08. The standard InChI is InChI=1S/C14H16N4OS/c1-9(2)18-6-5-11(17-18)8-20-14-16-12-7-10(15)3-4-13(12)19-14/h3-7,9H,8,15H2,1-2H3. The van der Waals surface area contributed by atoms with E-state index in [2.05, 4.69) is 23.9 Å². The summed E-state index contributed by atoms with van der Waals surface area (Å²) < 4.78 is 7.61. The first-order chi connectivity index (χ1) is 9.61. The third-order valence-electron chi connectivity index (χ3n) is 2.93. The van der Waals surface area contributed by atoms with E-state index in [1.807, 2.05) is 35.1 Å². The van der Waals surface area contributed by atoms with Crippen molar-refractivity contribution in [2.45, 2.75) is 30.9 Å². The minimum Gasteiger partial charge on any atom is -0.431 e. The van der Waals surface area contributed by atoms with Gasteiger partial charge in [-0.15, -0.1) is 0 Å². The van der Waals surface area contributed by atoms with E-state index in [1.165, 1.54) is 11.8 Å². The van der Waals surface area contributed by atoms with Crippen LogP contribution in [-0.4, -0.2) is 14.8 Å². The van der Waals surface area contributed by atoms with Crippen molar-refractivity contribution < 1.29 is 4.42 Å². The Kier molecular flexibility index (Phi) is 3.40. The molecule has 3 rings (SSSR count). The third kappa shape index (κ3) is 2.65. The van der Waals surface area contributed by atoms with Crippen molar-refractivity contribution in [3.8, 4) is 0 Å². The zero-order chi connectivity index (χ0) is 14.1. The van der Waals surface area contributed by atoms with E-state index in [1.54, 1.807) is 0 Å². The lowest BCUT2D eigenvalue weighted by atomic mass is 10.3. The first-order valence-corrected chi connectivity index (χ1v) is 7.43. The normalized spacial score (nSPS) is 11.6. The van der Waals surface area contributed by atoms with Gasteiger partial charge in [-0.25, -0.2) is 4.98 Å². The second-order valence-electron chi connectivity index (χ2n) is 4.88. The van der Waals surface area contributed by atoms with Gasteiger partial charge in [-0.1, -0.05) is 11.8 Å². The summed E-state index contributed by atoms with van der Waals surface area (Å²) in [4.78, 5) is 4.41. The smallest absolute Gasteiger partial charge is 0.257 e. The van der Waals surface area contributed by atoms with Crippen LogP contribution in [0, 0.1) is 0 Å². The molecule has 0 spiro atoms. The Bertz CT molecular complexity index is 732. The largest absolute Gasteiger partial charge is 0.431 e. The number of fused-ring (bicyclic) bond motifs is 1. The molecule has 0 atom stereocenters. The molecular formula is C14H16N4OS. The van der Waals surface area contributed by atoms with Crippen LogP contribution in [0.15, 0.2) is 40.1 Å². The number of oxazole rings is 1. The van der Waals surface area contributed by atoms with Gasteiger partial charge in [-0.3, -0.25) is 4.68 Å². The Morgan fingerprint density at radius 2 is 2.20 bits per heavy atom. The van der Waals surface area contributed by atoms with E-state index in [-0.39, 0.29) is 0 Å². The van der Waals surface area contributed by atoms with Gasteiger partial charge in [0.15, 0.2) is 5.58 Å². The van der Waals surface area contributed by atoms with Gasteiger partial charge in [-0.2, -0.15) is 5.10 Å². The number of nitrogen functional groups attached to an aromatic ring is 1. The minimum absolute atomic E-state index is 0.376. The van der Waals surface area contributed by atoms with Crippen molar-refractivity contribution in [3.05, 3.63) is 36.2 Å². The zero-order valence-electron chi connectivity index (χ0n) is 11.4. The van der Waals surface area contributed by atoms with Gasteiger partial charge in [-0.05, 0) is 38.1 Å². The van der Waals surface area contributed by atoms with Crippen LogP contribution in [0.2, 0.25) is 0 Å². The zero-order valence-corrected chi connectivity index (χ0v) is 12.2. The maximum Gasteiger partial charge on any atom is 0.257 e. The van der Waals surface area contributed by atoms with E-state index in [4.69, 9.17) is 10.2 Å². The lowest BCUT2D eigenvalue weighted by Gasteiger charge is -2.03. The molecule has 0 aliphatic rings. The van der Waals surface area contributed by atoms with E-state index < -0.39 is 0 Å². The molecule has 0 fully saturated rings. The molecule has 6 heteroatoms. The Balaban J connectivity index is 1.72. The van der Waals surface area contributed by atoms with Crippen molar-refractivity contribution in [1.29, 1.82) is 0 Å². The van der Waals surface area contributed by atoms with Crippen molar-refractivity contribution >= 4 is 28.5 Å². The van der Waals surface area contributed by atoms with Crippen LogP contribution in [0.4, 0.5) is 5.69 Å². The molecule has 0 radical (unpaired) electrons. The second-order valence-corrected chi connectivity index (χ2v) is 5.80. The van der Waals surface area contributed by atoms with E-state index in [0.717, 1.165) is 22.5 Å². The van der Waals surface area contributed by atoms with Gasteiger partial charge in [0.05, 0.1) is 5.69 Å². The van der Waals surface area contributed by atoms with Gasteiger partial charge >= 0.3 is 0 Å². The average molecular weight is 288 g/mol. The van der Waals surface area contributed by atoms with Crippen molar-refractivity contribution in [2.75, 3.05) is 5.73 Å². The molecule has 2 N–H and O–H groups in total. The summed E-state index contributed by atoms with van der Waals surface area (Å²) in [6, 6.07) is 7.87. The lowest BCUT2D eigenvalue weighted by molar-refractivity contribution is 0.489. The number of aromatic nitrogens is 3. The number of nitrogens with zero attached hydrogens (tertiary/aromatic N) is 3. The van der Waals surface area contributed by atoms with Gasteiger partial charge in [0.1, 0.15) is 5.52 Å². The number of rotatable bonds is 4. The Morgan fingerprint density at radius 1 is 1.35 bits per heavy atom. The SMILES string of the molecule is CC(C)n1ccc(CSc2nc3cc(N)ccc3o2)n1. The Labute approximate surface area is 121 Å². The topological polar surface area (TPSA) is 69.9 Å². The third-order valence-corrected chi connectivity index (χ3v) is 3.79. The summed E-state index contributed by atoms with van der Waals surface area (Å²) in [5, 5.41) is 5.14. The molecule has 3 aromatic rings. The minimum atomic E-state index is 0.376. The van der Waals surface area contributed by atoms with E-state index in [0.29, 0.717) is 17.0 Å². The van der Waals surface area contributed by atoms with Gasteiger partial charge in [0.2, 0.25) is 0 Å². The predicted molar refractivity (Wildman–Crippen MR) is 80.6 cm³/mol. The molecule has 0 bridgehead atoms. The molecule has 0 aliphatic carbocycles. The molecule has 0 amide bonds. The summed E-state index contributed by atoms with van der Waals surface area (Å²) in [6.45, 7) is 4.21. The molecule has 2 heterocycles. The molecule has 104 valence electrons. The predicted octanol–water partition coefficient (Wildman–Crippen LogP) is 3.48. The van der Waals surface area contributed by atoms with Gasteiger partial charge < -0.3 is 10.2 Å². The monoisotopic (exact) mass is 288 g/mol. The van der Waals surface area contributed by atoms with Gasteiger partial charge in [0.25, 0.3) is 5.22 Å². The fourth-order valence-electron chi connectivity index (χ4n) is 1.86. The molecule has 20 heavy (non-hydrogen) atoms. The lowest BCUT2D eigenvalue weighted by Crippen LogP contribution is -2.01. The van der Waals surface area contributed by atoms with Crippen LogP contribution in [0.25, 0.3) is 11.1 Å². The number of thioether (sulfide) groups is 1. The van der Waals surface area contributed by atoms with Crippen LogP contribution in [0.1, 0.15) is 25.6 Å². The highest BCUT2D eigenvalue weighted by Crippen LogP contribution is 2.26. The maximum atomic E-state index is 5.73. The maximum absolute atomic E-state index is 5.73. The average Bonchev–Trinajstić information content (AvgIpc) is 3.01. The highest BCUT2D eigenvalue weighted by molar-refractivity contribution is 7.98. The number of hydrogen-bond donors (Lipinski definition) is 1. The number of nitrogens with two attached hydrogens (primary N) is 1. The first-order valence-electron chi connectivity index (χ1n) is 6.45. The number of hydrogen-bond acceptors (Lipinski definition) is 5. The summed E-state index contributed by atoms with van der Waals surface area (Å²) in [6.07, 6.45) is 1.99. The summed E-state index contributed by atoms with van der Waals surface area (Å²) in [5.41, 5.74) is 8.99. The van der Waals surface area contributed by atoms with Gasteiger partial charge in [0, 0.05) is 23.7 Å². The summed E-state index contributed by atoms with van der Waals surface area (Å²) >= 11 is 1.54. The molecule has 0 saturated heterocycles. The van der Waals surface area contributed by atoms with Crippen LogP contribution >= 0.6 is 11.8 Å². The molecule has 1 aromatic carbocycles. The van der Waals surface area contributed by atoms with Crippen LogP contribution < -0.4 is 5.73 Å².